The Labute approximate surface area is 198 Å². The van der Waals surface area contributed by atoms with Crippen LogP contribution in [0.25, 0.3) is 0 Å². The van der Waals surface area contributed by atoms with E-state index in [1.165, 1.54) is 13.8 Å². The lowest BCUT2D eigenvalue weighted by molar-refractivity contribution is -0.237. The molecular formula is C20H22Cl2O9S. The third-order valence-corrected chi connectivity index (χ3v) is 5.96. The van der Waals surface area contributed by atoms with Crippen LogP contribution >= 0.6 is 35.0 Å². The Bertz CT molecular complexity index is 879. The second-order valence-corrected chi connectivity index (χ2v) is 8.74. The highest BCUT2D eigenvalue weighted by Gasteiger charge is 2.52. The summed E-state index contributed by atoms with van der Waals surface area (Å²) in [5.74, 6) is -2.68. The molecule has 1 aromatic carbocycles. The Kier molecular flexibility index (Phi) is 9.63. The van der Waals surface area contributed by atoms with E-state index in [2.05, 4.69) is 0 Å². The first kappa shape index (κ1) is 26.2. The van der Waals surface area contributed by atoms with Gasteiger partial charge in [0.2, 0.25) is 0 Å². The largest absolute Gasteiger partial charge is 0.463 e. The number of thioether (sulfide) groups is 1. The zero-order chi connectivity index (χ0) is 24.0. The van der Waals surface area contributed by atoms with Crippen LogP contribution in [0.1, 0.15) is 27.7 Å². The second kappa shape index (κ2) is 11.7. The van der Waals surface area contributed by atoms with Crippen molar-refractivity contribution in [2.45, 2.75) is 62.4 Å². The van der Waals surface area contributed by atoms with E-state index >= 15 is 0 Å². The lowest BCUT2D eigenvalue weighted by atomic mass is 9.99. The topological polar surface area (TPSA) is 114 Å². The number of benzene rings is 1. The number of halogens is 2. The predicted octanol–water partition coefficient (Wildman–Crippen LogP) is 3.17. The molecule has 1 saturated heterocycles. The molecule has 176 valence electrons. The highest BCUT2D eigenvalue weighted by Crippen LogP contribution is 2.40. The summed E-state index contributed by atoms with van der Waals surface area (Å²) in [6.45, 7) is 4.37. The molecule has 0 bridgehead atoms. The molecule has 1 aromatic rings. The van der Waals surface area contributed by atoms with E-state index in [4.69, 9.17) is 46.9 Å². The van der Waals surface area contributed by atoms with E-state index in [0.717, 1.165) is 25.6 Å². The highest BCUT2D eigenvalue weighted by molar-refractivity contribution is 8.00. The molecule has 1 fully saturated rings. The van der Waals surface area contributed by atoms with Crippen LogP contribution in [0, 0.1) is 0 Å². The first-order valence-electron chi connectivity index (χ1n) is 9.40. The number of ether oxygens (including phenoxy) is 5. The Balaban J connectivity index is 2.49. The van der Waals surface area contributed by atoms with Gasteiger partial charge < -0.3 is 23.7 Å². The van der Waals surface area contributed by atoms with Crippen LogP contribution in [0.5, 0.6) is 0 Å². The van der Waals surface area contributed by atoms with Gasteiger partial charge >= 0.3 is 23.9 Å². The summed E-state index contributed by atoms with van der Waals surface area (Å²) in [5, 5.41) is 0.759. The fraction of sp³-hybridized carbons (Fsp3) is 0.500. The minimum atomic E-state index is -1.25. The summed E-state index contributed by atoms with van der Waals surface area (Å²) >= 11 is 13.4. The van der Waals surface area contributed by atoms with Gasteiger partial charge in [-0.05, 0) is 18.2 Å². The molecule has 0 amide bonds. The molecule has 0 aliphatic carbocycles. The van der Waals surface area contributed by atoms with Crippen LogP contribution in [0.3, 0.4) is 0 Å². The molecule has 0 N–H and O–H groups in total. The van der Waals surface area contributed by atoms with Crippen LogP contribution in [0.15, 0.2) is 23.1 Å². The van der Waals surface area contributed by atoms with Crippen molar-refractivity contribution < 1.29 is 42.9 Å². The van der Waals surface area contributed by atoms with Crippen molar-refractivity contribution in [3.63, 3.8) is 0 Å². The van der Waals surface area contributed by atoms with Crippen molar-refractivity contribution >= 4 is 58.8 Å². The third-order valence-electron chi connectivity index (χ3n) is 4.08. The van der Waals surface area contributed by atoms with Crippen molar-refractivity contribution in [3.8, 4) is 0 Å². The maximum absolute atomic E-state index is 11.8. The van der Waals surface area contributed by atoms with Crippen LogP contribution in [-0.4, -0.2) is 60.3 Å². The van der Waals surface area contributed by atoms with Crippen LogP contribution in [0.4, 0.5) is 0 Å². The Morgan fingerprint density at radius 2 is 1.44 bits per heavy atom. The number of hydrogen-bond acceptors (Lipinski definition) is 10. The van der Waals surface area contributed by atoms with Crippen LogP contribution < -0.4 is 0 Å². The van der Waals surface area contributed by atoms with Gasteiger partial charge in [0, 0.05) is 37.6 Å². The van der Waals surface area contributed by atoms with Crippen molar-refractivity contribution in [2.24, 2.45) is 0 Å². The fourth-order valence-electron chi connectivity index (χ4n) is 2.98. The zero-order valence-electron chi connectivity index (χ0n) is 17.7. The van der Waals surface area contributed by atoms with Crippen LogP contribution in [0.2, 0.25) is 10.0 Å². The van der Waals surface area contributed by atoms with Gasteiger partial charge in [0.05, 0.1) is 5.02 Å². The van der Waals surface area contributed by atoms with Gasteiger partial charge in [-0.3, -0.25) is 19.2 Å². The molecule has 0 saturated carbocycles. The minimum Gasteiger partial charge on any atom is -0.463 e. The standard InChI is InChI=1S/C20H22Cl2O9S/c1-9(23)27-8-15-17(28-10(2)24)18(29-11(3)25)19(30-12(4)26)20(31-15)32-16-7-13(21)5-6-14(16)22/h5-7,15,17-20H,8H2,1-4H3/t15-,17-,18+,19+,20+/m1/s1. The van der Waals surface area contributed by atoms with Gasteiger partial charge in [0.15, 0.2) is 18.3 Å². The van der Waals surface area contributed by atoms with E-state index in [1.54, 1.807) is 18.2 Å². The fourth-order valence-corrected chi connectivity index (χ4v) is 4.63. The summed E-state index contributed by atoms with van der Waals surface area (Å²) in [4.78, 5) is 47.3. The Morgan fingerprint density at radius 3 is 2.00 bits per heavy atom. The average Bonchev–Trinajstić information content (AvgIpc) is 2.66. The number of rotatable bonds is 7. The zero-order valence-corrected chi connectivity index (χ0v) is 20.0. The lowest BCUT2D eigenvalue weighted by Crippen LogP contribution is -2.61. The molecule has 0 unspecified atom stereocenters. The molecule has 32 heavy (non-hydrogen) atoms. The molecule has 1 aliphatic rings. The van der Waals surface area contributed by atoms with Crippen LogP contribution in [-0.2, 0) is 42.9 Å². The van der Waals surface area contributed by atoms with Gasteiger partial charge in [-0.2, -0.15) is 0 Å². The number of carbonyl (C=O) groups excluding carboxylic acids is 4. The summed E-state index contributed by atoms with van der Waals surface area (Å²) in [5.41, 5.74) is -0.980. The molecule has 9 nitrogen and oxygen atoms in total. The van der Waals surface area contributed by atoms with E-state index in [9.17, 15) is 19.2 Å². The summed E-state index contributed by atoms with van der Waals surface area (Å²) in [6.07, 6.45) is -4.68. The Hall–Kier alpha value is -2.01. The molecule has 1 heterocycles. The summed E-state index contributed by atoms with van der Waals surface area (Å²) in [7, 11) is 0. The van der Waals surface area contributed by atoms with Crippen molar-refractivity contribution in [1.82, 2.24) is 0 Å². The minimum absolute atomic E-state index is 0.307. The molecule has 0 aromatic heterocycles. The van der Waals surface area contributed by atoms with Gasteiger partial charge in [-0.25, -0.2) is 0 Å². The molecule has 5 atom stereocenters. The first-order valence-corrected chi connectivity index (χ1v) is 11.0. The van der Waals surface area contributed by atoms with E-state index in [-0.39, 0.29) is 6.61 Å². The van der Waals surface area contributed by atoms with E-state index < -0.39 is 53.7 Å². The predicted molar refractivity (Wildman–Crippen MR) is 114 cm³/mol. The first-order chi connectivity index (χ1) is 15.0. The summed E-state index contributed by atoms with van der Waals surface area (Å²) in [6, 6.07) is 4.77. The molecule has 2 rings (SSSR count). The van der Waals surface area contributed by atoms with Gasteiger partial charge in [0.25, 0.3) is 0 Å². The quantitative estimate of drug-likeness (QED) is 0.401. The third kappa shape index (κ3) is 7.54. The summed E-state index contributed by atoms with van der Waals surface area (Å²) < 4.78 is 27.2. The van der Waals surface area contributed by atoms with E-state index in [0.29, 0.717) is 14.9 Å². The van der Waals surface area contributed by atoms with Crippen molar-refractivity contribution in [2.75, 3.05) is 6.61 Å². The van der Waals surface area contributed by atoms with Crippen molar-refractivity contribution in [1.29, 1.82) is 0 Å². The highest BCUT2D eigenvalue weighted by atomic mass is 35.5. The normalized spacial score (nSPS) is 24.9. The SMILES string of the molecule is CC(=O)OC[C@H]1O[C@@H](Sc2cc(Cl)ccc2Cl)[C@@H](OC(C)=O)[C@@H](OC(C)=O)[C@@H]1OC(C)=O. The number of carbonyl (C=O) groups is 4. The average molecular weight is 509 g/mol. The van der Waals surface area contributed by atoms with Gasteiger partial charge in [0.1, 0.15) is 18.1 Å². The smallest absolute Gasteiger partial charge is 0.303 e. The molecule has 0 spiro atoms. The number of esters is 4. The number of hydrogen-bond donors (Lipinski definition) is 0. The van der Waals surface area contributed by atoms with Gasteiger partial charge in [-0.15, -0.1) is 0 Å². The lowest BCUT2D eigenvalue weighted by Gasteiger charge is -2.44. The molecule has 0 radical (unpaired) electrons. The molecule has 12 heteroatoms. The molecule has 1 aliphatic heterocycles. The maximum Gasteiger partial charge on any atom is 0.303 e. The monoisotopic (exact) mass is 508 g/mol. The molecular weight excluding hydrogens is 487 g/mol. The van der Waals surface area contributed by atoms with Gasteiger partial charge in [-0.1, -0.05) is 35.0 Å². The second-order valence-electron chi connectivity index (χ2n) is 6.76. The van der Waals surface area contributed by atoms with Crippen molar-refractivity contribution in [3.05, 3.63) is 28.2 Å². The van der Waals surface area contributed by atoms with E-state index in [1.807, 2.05) is 0 Å². The maximum atomic E-state index is 11.8. The Morgan fingerprint density at radius 1 is 0.875 bits per heavy atom.